The number of hydrogen-bond acceptors (Lipinski definition) is 11. The van der Waals surface area contributed by atoms with E-state index in [4.69, 9.17) is 22.9 Å². The molecule has 0 saturated carbocycles. The van der Waals surface area contributed by atoms with E-state index in [-0.39, 0.29) is 43.6 Å². The Morgan fingerprint density at radius 2 is 1.32 bits per heavy atom. The van der Waals surface area contributed by atoms with Crippen LogP contribution in [0.3, 0.4) is 0 Å². The normalized spacial score (nSPS) is 16.6. The Labute approximate surface area is 373 Å². The minimum Gasteiger partial charge on any atom is -0.368 e. The number of nitrogens with one attached hydrogen (secondary N) is 6. The van der Waals surface area contributed by atoms with Crippen molar-refractivity contribution in [2.75, 3.05) is 31.6 Å². The molecule has 1 fully saturated rings. The van der Waals surface area contributed by atoms with Gasteiger partial charge in [0.25, 0.3) is 0 Å². The molecule has 2 aromatic rings. The van der Waals surface area contributed by atoms with E-state index in [1.807, 2.05) is 82.3 Å². The van der Waals surface area contributed by atoms with Crippen molar-refractivity contribution in [3.63, 3.8) is 0 Å². The summed E-state index contributed by atoms with van der Waals surface area (Å²) in [5.41, 5.74) is 31.9. The van der Waals surface area contributed by atoms with E-state index in [1.165, 1.54) is 4.90 Å². The second kappa shape index (κ2) is 27.9. The van der Waals surface area contributed by atoms with Crippen LogP contribution in [0.2, 0.25) is 0 Å². The average Bonchev–Trinajstić information content (AvgIpc) is 3.77. The first-order valence-electron chi connectivity index (χ1n) is 22.8. The number of nitrogens with zero attached hydrogens (tertiary/aromatic N) is 1. The molecular weight excluding hydrogens is 803 g/mol. The monoisotopic (exact) mass is 878 g/mol. The van der Waals surface area contributed by atoms with Crippen molar-refractivity contribution in [1.29, 1.82) is 0 Å². The molecule has 1 saturated heterocycles. The molecule has 63 heavy (non-hydrogen) atoms. The molecule has 3 rings (SSSR count). The Balaban J connectivity index is 1.79. The van der Waals surface area contributed by atoms with Crippen molar-refractivity contribution in [3.8, 4) is 0 Å². The molecule has 0 radical (unpaired) electrons. The highest BCUT2D eigenvalue weighted by molar-refractivity contribution is 5.97. The molecule has 17 heteroatoms. The third kappa shape index (κ3) is 17.5. The van der Waals surface area contributed by atoms with Crippen LogP contribution in [0.4, 0.5) is 5.69 Å². The summed E-state index contributed by atoms with van der Waals surface area (Å²) in [4.78, 5) is 84.2. The van der Waals surface area contributed by atoms with Crippen molar-refractivity contribution >= 4 is 41.1 Å². The number of benzene rings is 2. The number of anilines is 1. The number of likely N-dealkylation sites (tertiary alicyclic amines) is 1. The highest BCUT2D eigenvalue weighted by Crippen LogP contribution is 2.21. The van der Waals surface area contributed by atoms with Gasteiger partial charge in [-0.15, -0.1) is 0 Å². The van der Waals surface area contributed by atoms with Gasteiger partial charge < -0.3 is 54.5 Å². The van der Waals surface area contributed by atoms with Crippen LogP contribution in [0.25, 0.3) is 0 Å². The van der Waals surface area contributed by atoms with Gasteiger partial charge in [-0.05, 0) is 119 Å². The molecule has 1 heterocycles. The van der Waals surface area contributed by atoms with Gasteiger partial charge in [0.1, 0.15) is 36.3 Å². The molecule has 0 aliphatic carbocycles. The highest BCUT2D eigenvalue weighted by Gasteiger charge is 2.40. The van der Waals surface area contributed by atoms with Crippen LogP contribution in [0, 0.1) is 11.8 Å². The number of carbonyl (C=O) groups excluding carboxylic acids is 6. The van der Waals surface area contributed by atoms with E-state index < -0.39 is 65.8 Å². The number of hydrogen-bond donors (Lipinski definition) is 10. The molecular formula is C46H75N11O6. The zero-order valence-corrected chi connectivity index (χ0v) is 37.8. The SMILES string of the molecule is CC[C@H](C)C(NC(=O)[C@H](CC(C)C)NNc1ccc(CCN)cc1)C(=O)N[C@@H](CCCCN)C(=O)N[C@@H](CCCCN)C(=O)N1CCCC1C(=O)NC(Cc1ccccc1)C(N)=O. The smallest absolute Gasteiger partial charge is 0.245 e. The number of unbranched alkanes of at least 4 members (excludes halogenated alkanes) is 2. The molecule has 1 aliphatic heterocycles. The second-order valence-corrected chi connectivity index (χ2v) is 17.1. The summed E-state index contributed by atoms with van der Waals surface area (Å²) in [7, 11) is 0. The number of primary amides is 1. The van der Waals surface area contributed by atoms with E-state index in [2.05, 4.69) is 32.1 Å². The predicted octanol–water partition coefficient (Wildman–Crippen LogP) is 1.48. The van der Waals surface area contributed by atoms with Crippen LogP contribution in [-0.2, 0) is 41.6 Å². The summed E-state index contributed by atoms with van der Waals surface area (Å²) < 4.78 is 0. The van der Waals surface area contributed by atoms with Crippen molar-refractivity contribution in [1.82, 2.24) is 31.6 Å². The summed E-state index contributed by atoms with van der Waals surface area (Å²) in [5, 5.41) is 11.5. The standard InChI is InChI=1S/C46H75N11O6/c1-5-31(4)40(54-43(60)38(28-30(2)3)56-55-34-21-19-32(20-22-34)23-26-49)45(62)51-35(16-9-11-24-47)42(59)52-36(17-10-12-25-48)46(63)57-27-13-18-39(57)44(61)53-37(41(50)58)29-33-14-7-6-8-15-33/h6-8,14-15,19-22,30-31,35-40,55-56H,5,9-13,16-18,23-29,47-49H2,1-4H3,(H2,50,58)(H,51,62)(H,52,59)(H,53,61)(H,54,60)/t31-,35-,36-,37?,38-,39?,40?/m0/s1. The number of rotatable bonds is 29. The van der Waals surface area contributed by atoms with Gasteiger partial charge in [0.05, 0.1) is 0 Å². The number of nitrogens with two attached hydrogens (primary N) is 4. The first-order valence-corrected chi connectivity index (χ1v) is 22.8. The van der Waals surface area contributed by atoms with E-state index in [9.17, 15) is 28.8 Å². The quantitative estimate of drug-likeness (QED) is 0.0413. The zero-order valence-electron chi connectivity index (χ0n) is 37.8. The summed E-state index contributed by atoms with van der Waals surface area (Å²) in [6.45, 7) is 9.37. The van der Waals surface area contributed by atoms with E-state index >= 15 is 0 Å². The topological polar surface area (TPSA) is 282 Å². The zero-order chi connectivity index (χ0) is 46.3. The van der Waals surface area contributed by atoms with Gasteiger partial charge in [-0.1, -0.05) is 76.6 Å². The van der Waals surface area contributed by atoms with Gasteiger partial charge in [-0.25, -0.2) is 5.43 Å². The molecule has 1 aliphatic rings. The maximum atomic E-state index is 14.3. The van der Waals surface area contributed by atoms with Crippen molar-refractivity contribution < 1.29 is 28.8 Å². The lowest BCUT2D eigenvalue weighted by atomic mass is 9.96. The van der Waals surface area contributed by atoms with Gasteiger partial charge in [-0.2, -0.15) is 0 Å². The van der Waals surface area contributed by atoms with Crippen LogP contribution in [0.15, 0.2) is 54.6 Å². The third-order valence-corrected chi connectivity index (χ3v) is 11.5. The second-order valence-electron chi connectivity index (χ2n) is 17.1. The Morgan fingerprint density at radius 1 is 0.698 bits per heavy atom. The van der Waals surface area contributed by atoms with Crippen molar-refractivity contribution in [2.24, 2.45) is 34.8 Å². The summed E-state index contributed by atoms with van der Waals surface area (Å²) in [5.74, 6) is -3.28. The number of amides is 6. The summed E-state index contributed by atoms with van der Waals surface area (Å²) >= 11 is 0. The fourth-order valence-corrected chi connectivity index (χ4v) is 7.64. The molecule has 0 spiro atoms. The van der Waals surface area contributed by atoms with Crippen LogP contribution in [0.1, 0.15) is 103 Å². The Bertz CT molecular complexity index is 1730. The average molecular weight is 878 g/mol. The Hall–Kier alpha value is -5.10. The lowest BCUT2D eigenvalue weighted by Crippen LogP contribution is -2.60. The summed E-state index contributed by atoms with van der Waals surface area (Å²) in [6.07, 6.45) is 5.59. The van der Waals surface area contributed by atoms with Gasteiger partial charge in [0, 0.05) is 18.7 Å². The number of hydrazine groups is 1. The van der Waals surface area contributed by atoms with E-state index in [0.717, 1.165) is 23.2 Å². The van der Waals surface area contributed by atoms with Crippen LogP contribution in [0.5, 0.6) is 0 Å². The largest absolute Gasteiger partial charge is 0.368 e. The first kappa shape index (κ1) is 52.2. The van der Waals surface area contributed by atoms with E-state index in [0.29, 0.717) is 71.0 Å². The Kier molecular flexibility index (Phi) is 23.1. The van der Waals surface area contributed by atoms with Crippen molar-refractivity contribution in [3.05, 3.63) is 65.7 Å². The molecule has 7 atom stereocenters. The molecule has 350 valence electrons. The minimum absolute atomic E-state index is 0.144. The van der Waals surface area contributed by atoms with E-state index in [1.54, 1.807) is 0 Å². The fraction of sp³-hybridized carbons (Fsp3) is 0.609. The third-order valence-electron chi connectivity index (χ3n) is 11.5. The molecule has 14 N–H and O–H groups in total. The van der Waals surface area contributed by atoms with Gasteiger partial charge in [-0.3, -0.25) is 28.8 Å². The van der Waals surface area contributed by atoms with Gasteiger partial charge in [0.2, 0.25) is 35.4 Å². The molecule has 2 aromatic carbocycles. The summed E-state index contributed by atoms with van der Waals surface area (Å²) in [6, 6.07) is 11.3. The first-order chi connectivity index (χ1) is 30.2. The van der Waals surface area contributed by atoms with Crippen LogP contribution >= 0.6 is 0 Å². The highest BCUT2D eigenvalue weighted by atomic mass is 16.2. The molecule has 3 unspecified atom stereocenters. The fourth-order valence-electron chi connectivity index (χ4n) is 7.64. The lowest BCUT2D eigenvalue weighted by Gasteiger charge is -2.31. The lowest BCUT2D eigenvalue weighted by molar-refractivity contribution is -0.142. The maximum absolute atomic E-state index is 14.3. The maximum Gasteiger partial charge on any atom is 0.245 e. The predicted molar refractivity (Wildman–Crippen MR) is 246 cm³/mol. The minimum atomic E-state index is -1.06. The van der Waals surface area contributed by atoms with Crippen LogP contribution < -0.4 is 55.1 Å². The number of carbonyl (C=O) groups is 6. The molecule has 0 aromatic heterocycles. The van der Waals surface area contributed by atoms with Gasteiger partial charge in [0.15, 0.2) is 0 Å². The molecule has 6 amide bonds. The van der Waals surface area contributed by atoms with Crippen LogP contribution in [-0.4, -0.2) is 103 Å². The van der Waals surface area contributed by atoms with Crippen molar-refractivity contribution in [2.45, 2.75) is 141 Å². The molecule has 0 bridgehead atoms. The Morgan fingerprint density at radius 3 is 1.90 bits per heavy atom. The molecule has 17 nitrogen and oxygen atoms in total. The van der Waals surface area contributed by atoms with Gasteiger partial charge >= 0.3 is 0 Å².